The Bertz CT molecular complexity index is 672. The Balaban J connectivity index is 2.68. The van der Waals surface area contributed by atoms with Crippen LogP contribution in [0.5, 0.6) is 5.75 Å². The third-order valence-corrected chi connectivity index (χ3v) is 2.64. The summed E-state index contributed by atoms with van der Waals surface area (Å²) in [4.78, 5) is 21.8. The zero-order valence-electron chi connectivity index (χ0n) is 10.3. The fraction of sp³-hybridized carbons (Fsp3) is 0.250. The molecule has 0 aliphatic rings. The van der Waals surface area contributed by atoms with Gasteiger partial charge in [0, 0.05) is 5.39 Å². The summed E-state index contributed by atoms with van der Waals surface area (Å²) in [6, 6.07) is 2.22. The summed E-state index contributed by atoms with van der Waals surface area (Å²) in [6.07, 6.45) is 0. The highest BCUT2D eigenvalue weighted by atomic mass is 16.6. The first kappa shape index (κ1) is 12.9. The summed E-state index contributed by atoms with van der Waals surface area (Å²) in [5.74, 6) is -0.829. The number of nitro benzene ring substituents is 1. The number of furan rings is 1. The van der Waals surface area contributed by atoms with Crippen molar-refractivity contribution in [3.8, 4) is 5.75 Å². The Morgan fingerprint density at radius 1 is 1.53 bits per heavy atom. The Labute approximate surface area is 107 Å². The second kappa shape index (κ2) is 4.60. The van der Waals surface area contributed by atoms with Crippen LogP contribution >= 0.6 is 0 Å². The molecule has 1 aromatic carbocycles. The van der Waals surface area contributed by atoms with Gasteiger partial charge < -0.3 is 14.3 Å². The average molecular weight is 265 g/mol. The van der Waals surface area contributed by atoms with Crippen LogP contribution in [0.25, 0.3) is 11.0 Å². The lowest BCUT2D eigenvalue weighted by molar-refractivity contribution is -0.385. The van der Waals surface area contributed by atoms with E-state index in [1.807, 2.05) is 0 Å². The maximum atomic E-state index is 11.8. The molecule has 0 atom stereocenters. The summed E-state index contributed by atoms with van der Waals surface area (Å²) in [7, 11) is 0. The summed E-state index contributed by atoms with van der Waals surface area (Å²) >= 11 is 0. The summed E-state index contributed by atoms with van der Waals surface area (Å²) in [6.45, 7) is 3.41. The van der Waals surface area contributed by atoms with Crippen LogP contribution in [0, 0.1) is 17.0 Å². The standard InChI is InChI=1S/C12H11NO6/c1-3-18-12(15)11-6(2)19-10-5-8(13(16)17)9(14)4-7(10)11/h4-5,14H,3H2,1-2H3. The third kappa shape index (κ3) is 2.10. The number of benzene rings is 1. The van der Waals surface area contributed by atoms with Gasteiger partial charge in [0.25, 0.3) is 0 Å². The Hall–Kier alpha value is -2.57. The number of rotatable bonds is 3. The smallest absolute Gasteiger partial charge is 0.342 e. The van der Waals surface area contributed by atoms with Gasteiger partial charge in [-0.1, -0.05) is 0 Å². The first-order valence-corrected chi connectivity index (χ1v) is 5.53. The first-order valence-electron chi connectivity index (χ1n) is 5.53. The molecule has 0 fully saturated rings. The zero-order valence-corrected chi connectivity index (χ0v) is 10.3. The maximum Gasteiger partial charge on any atom is 0.342 e. The van der Waals surface area contributed by atoms with E-state index >= 15 is 0 Å². The molecule has 7 nitrogen and oxygen atoms in total. The van der Waals surface area contributed by atoms with Crippen molar-refractivity contribution in [1.29, 1.82) is 0 Å². The van der Waals surface area contributed by atoms with Gasteiger partial charge in [-0.25, -0.2) is 4.79 Å². The zero-order chi connectivity index (χ0) is 14.2. The van der Waals surface area contributed by atoms with Gasteiger partial charge in [-0.3, -0.25) is 10.1 Å². The Kier molecular flexibility index (Phi) is 3.12. The predicted octanol–water partition coefficient (Wildman–Crippen LogP) is 2.53. The second-order valence-corrected chi connectivity index (χ2v) is 3.85. The van der Waals surface area contributed by atoms with Crippen molar-refractivity contribution in [2.75, 3.05) is 6.61 Å². The van der Waals surface area contributed by atoms with Gasteiger partial charge in [-0.05, 0) is 19.9 Å². The molecule has 0 aliphatic heterocycles. The van der Waals surface area contributed by atoms with E-state index < -0.39 is 22.3 Å². The molecule has 0 spiro atoms. The highest BCUT2D eigenvalue weighted by Crippen LogP contribution is 2.35. The molecule has 19 heavy (non-hydrogen) atoms. The number of hydrogen-bond donors (Lipinski definition) is 1. The van der Waals surface area contributed by atoms with Gasteiger partial charge in [-0.2, -0.15) is 0 Å². The van der Waals surface area contributed by atoms with E-state index in [0.29, 0.717) is 5.39 Å². The fourth-order valence-corrected chi connectivity index (χ4v) is 1.85. The van der Waals surface area contributed by atoms with E-state index in [1.165, 1.54) is 0 Å². The van der Waals surface area contributed by atoms with Crippen LogP contribution in [0.1, 0.15) is 23.0 Å². The number of carbonyl (C=O) groups is 1. The molecule has 1 N–H and O–H groups in total. The molecule has 0 saturated heterocycles. The number of esters is 1. The average Bonchev–Trinajstić information content (AvgIpc) is 2.63. The van der Waals surface area contributed by atoms with Crippen molar-refractivity contribution in [2.45, 2.75) is 13.8 Å². The molecule has 0 amide bonds. The number of phenolic OH excluding ortho intramolecular Hbond substituents is 1. The third-order valence-electron chi connectivity index (χ3n) is 2.64. The minimum Gasteiger partial charge on any atom is -0.502 e. The molecule has 1 heterocycles. The lowest BCUT2D eigenvalue weighted by atomic mass is 10.1. The van der Waals surface area contributed by atoms with Gasteiger partial charge in [0.1, 0.15) is 16.9 Å². The molecule has 2 rings (SSSR count). The van der Waals surface area contributed by atoms with Gasteiger partial charge >= 0.3 is 11.7 Å². The number of hydrogen-bond acceptors (Lipinski definition) is 6. The monoisotopic (exact) mass is 265 g/mol. The van der Waals surface area contributed by atoms with Gasteiger partial charge in [0.15, 0.2) is 5.75 Å². The molecule has 100 valence electrons. The van der Waals surface area contributed by atoms with E-state index in [-0.39, 0.29) is 23.5 Å². The molecule has 0 saturated carbocycles. The van der Waals surface area contributed by atoms with E-state index in [0.717, 1.165) is 12.1 Å². The number of aromatic hydroxyl groups is 1. The minimum absolute atomic E-state index is 0.157. The fourth-order valence-electron chi connectivity index (χ4n) is 1.85. The number of aryl methyl sites for hydroxylation is 1. The lowest BCUT2D eigenvalue weighted by Gasteiger charge is -2.00. The number of carbonyl (C=O) groups excluding carboxylic acids is 1. The van der Waals surface area contributed by atoms with E-state index in [2.05, 4.69) is 0 Å². The van der Waals surface area contributed by atoms with Crippen LogP contribution in [-0.2, 0) is 4.74 Å². The van der Waals surface area contributed by atoms with Crippen LogP contribution in [0.15, 0.2) is 16.5 Å². The topological polar surface area (TPSA) is 103 Å². The van der Waals surface area contributed by atoms with E-state index in [1.54, 1.807) is 13.8 Å². The van der Waals surface area contributed by atoms with Crippen molar-refractivity contribution in [2.24, 2.45) is 0 Å². The van der Waals surface area contributed by atoms with Crippen LogP contribution in [0.3, 0.4) is 0 Å². The van der Waals surface area contributed by atoms with Crippen molar-refractivity contribution >= 4 is 22.6 Å². The van der Waals surface area contributed by atoms with Crippen LogP contribution in [0.2, 0.25) is 0 Å². The maximum absolute atomic E-state index is 11.8. The van der Waals surface area contributed by atoms with Crippen LogP contribution in [-0.4, -0.2) is 22.6 Å². The van der Waals surface area contributed by atoms with Crippen molar-refractivity contribution in [3.05, 3.63) is 33.6 Å². The summed E-state index contributed by atoms with van der Waals surface area (Å²) < 4.78 is 10.2. The normalized spacial score (nSPS) is 10.6. The molecule has 0 aliphatic carbocycles. The Morgan fingerprint density at radius 3 is 2.79 bits per heavy atom. The van der Waals surface area contributed by atoms with Crippen molar-refractivity contribution in [1.82, 2.24) is 0 Å². The first-order chi connectivity index (χ1) is 8.95. The molecular weight excluding hydrogens is 254 g/mol. The molecule has 2 aromatic rings. The summed E-state index contributed by atoms with van der Waals surface area (Å²) in [5.41, 5.74) is -0.149. The molecule has 0 unspecified atom stereocenters. The Morgan fingerprint density at radius 2 is 2.21 bits per heavy atom. The molecule has 7 heteroatoms. The number of phenols is 1. The van der Waals surface area contributed by atoms with Crippen LogP contribution < -0.4 is 0 Å². The number of nitrogens with zero attached hydrogens (tertiary/aromatic N) is 1. The number of nitro groups is 1. The molecular formula is C12H11NO6. The van der Waals surface area contributed by atoms with Gasteiger partial charge in [0.05, 0.1) is 17.6 Å². The second-order valence-electron chi connectivity index (χ2n) is 3.85. The molecule has 1 aromatic heterocycles. The van der Waals surface area contributed by atoms with Gasteiger partial charge in [0.2, 0.25) is 0 Å². The van der Waals surface area contributed by atoms with Gasteiger partial charge in [-0.15, -0.1) is 0 Å². The van der Waals surface area contributed by atoms with E-state index in [4.69, 9.17) is 9.15 Å². The molecule has 0 bridgehead atoms. The van der Waals surface area contributed by atoms with Crippen molar-refractivity contribution < 1.29 is 24.0 Å². The van der Waals surface area contributed by atoms with Crippen molar-refractivity contribution in [3.63, 3.8) is 0 Å². The highest BCUT2D eigenvalue weighted by Gasteiger charge is 2.24. The SMILES string of the molecule is CCOC(=O)c1c(C)oc2cc([N+](=O)[O-])c(O)cc12. The number of fused-ring (bicyclic) bond motifs is 1. The van der Waals surface area contributed by atoms with E-state index in [9.17, 15) is 20.0 Å². The number of ether oxygens (including phenoxy) is 1. The quantitative estimate of drug-likeness (QED) is 0.519. The lowest BCUT2D eigenvalue weighted by Crippen LogP contribution is -2.05. The largest absolute Gasteiger partial charge is 0.502 e. The predicted molar refractivity (Wildman–Crippen MR) is 65.2 cm³/mol. The van der Waals surface area contributed by atoms with Crippen LogP contribution in [0.4, 0.5) is 5.69 Å². The highest BCUT2D eigenvalue weighted by molar-refractivity contribution is 6.05. The minimum atomic E-state index is -0.726. The summed E-state index contributed by atoms with van der Waals surface area (Å²) in [5, 5.41) is 20.6. The molecule has 0 radical (unpaired) electrons.